The summed E-state index contributed by atoms with van der Waals surface area (Å²) in [6.07, 6.45) is -7.20. The van der Waals surface area contributed by atoms with Crippen molar-refractivity contribution in [3.8, 4) is 0 Å². The highest BCUT2D eigenvalue weighted by Crippen LogP contribution is 2.19. The number of benzene rings is 1. The number of amides is 2. The van der Waals surface area contributed by atoms with Crippen molar-refractivity contribution in [1.29, 1.82) is 0 Å². The van der Waals surface area contributed by atoms with Gasteiger partial charge in [0.25, 0.3) is 5.91 Å². The smallest absolute Gasteiger partial charge is 0.459 e. The molecule has 4 atom stereocenters. The van der Waals surface area contributed by atoms with Gasteiger partial charge in [0.05, 0.1) is 6.04 Å². The van der Waals surface area contributed by atoms with Crippen LogP contribution < -0.4 is 16.4 Å². The molecule has 208 valence electrons. The number of hydrogen-bond acceptors (Lipinski definition) is 7. The SMILES string of the molecule is CC[C@H](N)C(OC(=O)C(F)(F)F)C(=O)N[C@H](CC(C)C)C(=O)N[C@H](C(=O)OCc1ccccc1)C(C)C. The number of nitrogens with two attached hydrogens (primary N) is 1. The lowest BCUT2D eigenvalue weighted by Gasteiger charge is -2.28. The fraction of sp³-hybridized carbons (Fsp3) is 0.600. The zero-order valence-corrected chi connectivity index (χ0v) is 21.6. The van der Waals surface area contributed by atoms with Crippen molar-refractivity contribution in [3.05, 3.63) is 35.9 Å². The molecule has 1 rings (SSSR count). The number of hydrogen-bond donors (Lipinski definition) is 3. The fourth-order valence-electron chi connectivity index (χ4n) is 3.26. The number of halogens is 3. The molecule has 0 spiro atoms. The van der Waals surface area contributed by atoms with E-state index in [9.17, 15) is 32.3 Å². The van der Waals surface area contributed by atoms with Crippen LogP contribution >= 0.6 is 0 Å². The van der Waals surface area contributed by atoms with Crippen molar-refractivity contribution in [2.75, 3.05) is 0 Å². The molecule has 0 fully saturated rings. The van der Waals surface area contributed by atoms with Crippen LogP contribution in [-0.2, 0) is 35.3 Å². The highest BCUT2D eigenvalue weighted by molar-refractivity contribution is 5.93. The lowest BCUT2D eigenvalue weighted by Crippen LogP contribution is -2.57. The third-order valence-corrected chi connectivity index (χ3v) is 5.37. The Labute approximate surface area is 214 Å². The topological polar surface area (TPSA) is 137 Å². The minimum absolute atomic E-state index is 0.00786. The molecule has 0 saturated heterocycles. The summed E-state index contributed by atoms with van der Waals surface area (Å²) in [6.45, 7) is 8.40. The Kier molecular flexibility index (Phi) is 12.5. The maximum absolute atomic E-state index is 13.1. The second kappa shape index (κ2) is 14.6. The van der Waals surface area contributed by atoms with Crippen LogP contribution in [0.4, 0.5) is 13.2 Å². The predicted molar refractivity (Wildman–Crippen MR) is 129 cm³/mol. The number of rotatable bonds is 13. The second-order valence-corrected chi connectivity index (χ2v) is 9.41. The number of carbonyl (C=O) groups excluding carboxylic acids is 4. The van der Waals surface area contributed by atoms with Crippen LogP contribution in [0.2, 0.25) is 0 Å². The summed E-state index contributed by atoms with van der Waals surface area (Å²) in [5.74, 6) is -5.66. The summed E-state index contributed by atoms with van der Waals surface area (Å²) in [5, 5.41) is 4.90. The van der Waals surface area contributed by atoms with Crippen LogP contribution in [0.25, 0.3) is 0 Å². The van der Waals surface area contributed by atoms with Gasteiger partial charge < -0.3 is 25.8 Å². The van der Waals surface area contributed by atoms with Gasteiger partial charge in [0.1, 0.15) is 18.7 Å². The van der Waals surface area contributed by atoms with Gasteiger partial charge in [0, 0.05) is 0 Å². The molecule has 0 heterocycles. The lowest BCUT2D eigenvalue weighted by molar-refractivity contribution is -0.206. The van der Waals surface area contributed by atoms with E-state index in [2.05, 4.69) is 15.4 Å². The summed E-state index contributed by atoms with van der Waals surface area (Å²) in [4.78, 5) is 50.0. The van der Waals surface area contributed by atoms with Gasteiger partial charge in [-0.05, 0) is 30.2 Å². The number of ether oxygens (including phenoxy) is 2. The van der Waals surface area contributed by atoms with Crippen molar-refractivity contribution >= 4 is 23.8 Å². The third-order valence-electron chi connectivity index (χ3n) is 5.37. The van der Waals surface area contributed by atoms with Gasteiger partial charge >= 0.3 is 18.1 Å². The molecule has 1 aromatic rings. The molecule has 0 saturated carbocycles. The fourth-order valence-corrected chi connectivity index (χ4v) is 3.26. The largest absolute Gasteiger partial charge is 0.490 e. The van der Waals surface area contributed by atoms with E-state index in [4.69, 9.17) is 10.5 Å². The van der Waals surface area contributed by atoms with Crippen LogP contribution in [0.1, 0.15) is 53.0 Å². The van der Waals surface area contributed by atoms with Gasteiger partial charge in [0.2, 0.25) is 5.91 Å². The standard InChI is InChI=1S/C25H36F3N3O6/c1-6-17(29)20(37-24(35)25(26,27)28)22(33)30-18(12-14(2)3)21(32)31-19(15(4)5)23(34)36-13-16-10-8-7-9-11-16/h7-11,14-15,17-20H,6,12-13,29H2,1-5H3,(H,30,33)(H,31,32)/t17-,18+,19-,20?/m0/s1. The van der Waals surface area contributed by atoms with Gasteiger partial charge in [-0.2, -0.15) is 13.2 Å². The van der Waals surface area contributed by atoms with Crippen LogP contribution in [-0.4, -0.2) is 54.2 Å². The molecule has 0 bridgehead atoms. The molecular weight excluding hydrogens is 495 g/mol. The molecule has 0 aliphatic carbocycles. The highest BCUT2D eigenvalue weighted by atomic mass is 19.4. The quantitative estimate of drug-likeness (QED) is 0.333. The molecular formula is C25H36F3N3O6. The van der Waals surface area contributed by atoms with Crippen molar-refractivity contribution in [1.82, 2.24) is 10.6 Å². The van der Waals surface area contributed by atoms with E-state index in [0.717, 1.165) is 5.56 Å². The molecule has 1 aromatic carbocycles. The molecule has 4 N–H and O–H groups in total. The zero-order valence-electron chi connectivity index (χ0n) is 21.6. The summed E-state index contributed by atoms with van der Waals surface area (Å²) < 4.78 is 47.8. The van der Waals surface area contributed by atoms with Gasteiger partial charge in [-0.25, -0.2) is 9.59 Å². The first-order valence-corrected chi connectivity index (χ1v) is 12.0. The summed E-state index contributed by atoms with van der Waals surface area (Å²) in [7, 11) is 0. The Morgan fingerprint density at radius 3 is 2.05 bits per heavy atom. The normalized spacial score (nSPS) is 14.9. The van der Waals surface area contributed by atoms with Crippen LogP contribution in [0.3, 0.4) is 0 Å². The first kappa shape index (κ1) is 31.9. The Balaban J connectivity index is 3.01. The van der Waals surface area contributed by atoms with E-state index >= 15 is 0 Å². The van der Waals surface area contributed by atoms with Crippen molar-refractivity contribution in [2.24, 2.45) is 17.6 Å². The first-order valence-electron chi connectivity index (χ1n) is 12.0. The Bertz CT molecular complexity index is 909. The van der Waals surface area contributed by atoms with Crippen molar-refractivity contribution in [3.63, 3.8) is 0 Å². The summed E-state index contributed by atoms with van der Waals surface area (Å²) >= 11 is 0. The van der Waals surface area contributed by atoms with E-state index < -0.39 is 54.2 Å². The zero-order chi connectivity index (χ0) is 28.3. The van der Waals surface area contributed by atoms with Crippen molar-refractivity contribution < 1.29 is 41.8 Å². The Morgan fingerprint density at radius 2 is 1.57 bits per heavy atom. The van der Waals surface area contributed by atoms with Gasteiger partial charge in [-0.15, -0.1) is 0 Å². The Hall–Kier alpha value is -3.15. The molecule has 9 nitrogen and oxygen atoms in total. The maximum Gasteiger partial charge on any atom is 0.490 e. The van der Waals surface area contributed by atoms with Gasteiger partial charge in [-0.3, -0.25) is 9.59 Å². The number of carbonyl (C=O) groups is 4. The van der Waals surface area contributed by atoms with Crippen LogP contribution in [0, 0.1) is 11.8 Å². The Morgan fingerprint density at radius 1 is 0.973 bits per heavy atom. The van der Waals surface area contributed by atoms with Gasteiger partial charge in [-0.1, -0.05) is 65.0 Å². The van der Waals surface area contributed by atoms with E-state index in [0.29, 0.717) is 0 Å². The minimum atomic E-state index is -5.33. The van der Waals surface area contributed by atoms with Crippen LogP contribution in [0.5, 0.6) is 0 Å². The van der Waals surface area contributed by atoms with E-state index in [1.807, 2.05) is 6.07 Å². The van der Waals surface area contributed by atoms with E-state index in [1.54, 1.807) is 52.0 Å². The molecule has 2 amide bonds. The molecule has 37 heavy (non-hydrogen) atoms. The summed E-state index contributed by atoms with van der Waals surface area (Å²) in [5.41, 5.74) is 6.49. The number of nitrogens with one attached hydrogen (secondary N) is 2. The maximum atomic E-state index is 13.1. The average Bonchev–Trinajstić information content (AvgIpc) is 2.82. The molecule has 0 aliphatic rings. The summed E-state index contributed by atoms with van der Waals surface area (Å²) in [6, 6.07) is 5.38. The lowest BCUT2D eigenvalue weighted by atomic mass is 9.99. The molecule has 1 unspecified atom stereocenters. The molecule has 0 radical (unpaired) electrons. The predicted octanol–water partition coefficient (Wildman–Crippen LogP) is 2.61. The van der Waals surface area contributed by atoms with E-state index in [-0.39, 0.29) is 31.3 Å². The second-order valence-electron chi connectivity index (χ2n) is 9.41. The van der Waals surface area contributed by atoms with Gasteiger partial charge in [0.15, 0.2) is 6.10 Å². The number of esters is 2. The average molecular weight is 532 g/mol. The third kappa shape index (κ3) is 10.8. The molecule has 0 aromatic heterocycles. The monoisotopic (exact) mass is 531 g/mol. The number of alkyl halides is 3. The van der Waals surface area contributed by atoms with Crippen molar-refractivity contribution in [2.45, 2.75) is 84.5 Å². The molecule has 12 heteroatoms. The minimum Gasteiger partial charge on any atom is -0.459 e. The van der Waals surface area contributed by atoms with E-state index in [1.165, 1.54) is 6.92 Å². The first-order chi connectivity index (χ1) is 17.2. The molecule has 0 aliphatic heterocycles. The van der Waals surface area contributed by atoms with Crippen LogP contribution in [0.15, 0.2) is 30.3 Å². The highest BCUT2D eigenvalue weighted by Gasteiger charge is 2.45.